The van der Waals surface area contributed by atoms with E-state index in [-0.39, 0.29) is 43.2 Å². The summed E-state index contributed by atoms with van der Waals surface area (Å²) in [5.74, 6) is 0.801. The zero-order chi connectivity index (χ0) is 21.6. The molecule has 3 heterocycles. The van der Waals surface area contributed by atoms with Gasteiger partial charge in [-0.25, -0.2) is 4.98 Å². The highest BCUT2D eigenvalue weighted by atomic mass is 32.1. The zero-order valence-electron chi connectivity index (χ0n) is 17.4. The highest BCUT2D eigenvalue weighted by Crippen LogP contribution is 2.19. The van der Waals surface area contributed by atoms with Crippen molar-refractivity contribution in [1.82, 2.24) is 14.9 Å². The van der Waals surface area contributed by atoms with Gasteiger partial charge in [0.15, 0.2) is 5.78 Å². The van der Waals surface area contributed by atoms with Crippen LogP contribution in [0.5, 0.6) is 0 Å². The minimum absolute atomic E-state index is 0.00406. The third kappa shape index (κ3) is 5.38. The summed E-state index contributed by atoms with van der Waals surface area (Å²) in [7, 11) is 0. The Balaban J connectivity index is 1.23. The Hall–Kier alpha value is -3.00. The van der Waals surface area contributed by atoms with Gasteiger partial charge in [-0.1, -0.05) is 18.2 Å². The molecule has 1 amide bonds. The van der Waals surface area contributed by atoms with E-state index in [0.717, 1.165) is 29.9 Å². The summed E-state index contributed by atoms with van der Waals surface area (Å²) in [6.45, 7) is 2.82. The third-order valence-electron chi connectivity index (χ3n) is 5.57. The molecule has 1 aliphatic heterocycles. The molecule has 0 bridgehead atoms. The van der Waals surface area contributed by atoms with Crippen LogP contribution >= 0.6 is 11.3 Å². The maximum absolute atomic E-state index is 12.6. The lowest BCUT2D eigenvalue weighted by molar-refractivity contribution is -0.133. The maximum Gasteiger partial charge on any atom is 0.223 e. The highest BCUT2D eigenvalue weighted by Gasteiger charge is 2.21. The summed E-state index contributed by atoms with van der Waals surface area (Å²) in [6, 6.07) is 11.5. The SMILES string of the molecule is O=C(CCC(=O)c1cccs1)CCC(=O)N1CCCN(c2nc3ccccc3[nH]2)CC1. The van der Waals surface area contributed by atoms with Crippen molar-refractivity contribution < 1.29 is 14.4 Å². The van der Waals surface area contributed by atoms with Crippen molar-refractivity contribution in [3.8, 4) is 0 Å². The molecule has 1 N–H and O–H groups in total. The van der Waals surface area contributed by atoms with Crippen molar-refractivity contribution in [3.05, 3.63) is 46.7 Å². The number of aromatic nitrogens is 2. The number of nitrogens with zero attached hydrogens (tertiary/aromatic N) is 3. The van der Waals surface area contributed by atoms with Crippen LogP contribution in [0.25, 0.3) is 11.0 Å². The molecule has 0 aliphatic carbocycles. The molecule has 0 atom stereocenters. The fourth-order valence-corrected chi connectivity index (χ4v) is 4.50. The smallest absolute Gasteiger partial charge is 0.223 e. The number of anilines is 1. The molecular formula is C23H26N4O3S. The molecule has 1 aliphatic rings. The fourth-order valence-electron chi connectivity index (χ4n) is 3.81. The van der Waals surface area contributed by atoms with E-state index < -0.39 is 0 Å². The molecule has 1 saturated heterocycles. The minimum Gasteiger partial charge on any atom is -0.341 e. The lowest BCUT2D eigenvalue weighted by Gasteiger charge is -2.21. The topological polar surface area (TPSA) is 86.4 Å². The molecule has 0 spiro atoms. The van der Waals surface area contributed by atoms with Crippen LogP contribution in [0.3, 0.4) is 0 Å². The monoisotopic (exact) mass is 438 g/mol. The number of aromatic amines is 1. The number of ketones is 2. The predicted molar refractivity (Wildman–Crippen MR) is 122 cm³/mol. The number of hydrogen-bond donors (Lipinski definition) is 1. The standard InChI is InChI=1S/C23H26N4O3S/c28-17(8-10-20(29)21-7-3-16-31-21)9-11-22(30)26-12-4-13-27(15-14-26)23-24-18-5-1-2-6-19(18)25-23/h1-3,5-7,16H,4,8-15H2,(H,24,25). The first kappa shape index (κ1) is 21.2. The summed E-state index contributed by atoms with van der Waals surface area (Å²) in [4.78, 5) is 49.5. The molecule has 2 aromatic heterocycles. The van der Waals surface area contributed by atoms with E-state index in [9.17, 15) is 14.4 Å². The van der Waals surface area contributed by atoms with Gasteiger partial charge in [0, 0.05) is 51.9 Å². The predicted octanol–water partition coefficient (Wildman–Crippen LogP) is 3.68. The zero-order valence-corrected chi connectivity index (χ0v) is 18.2. The van der Waals surface area contributed by atoms with E-state index >= 15 is 0 Å². The summed E-state index contributed by atoms with van der Waals surface area (Å²) >= 11 is 1.39. The van der Waals surface area contributed by atoms with Crippen LogP contribution < -0.4 is 4.90 Å². The van der Waals surface area contributed by atoms with E-state index in [1.165, 1.54) is 11.3 Å². The molecule has 162 valence electrons. The van der Waals surface area contributed by atoms with E-state index in [2.05, 4.69) is 14.9 Å². The summed E-state index contributed by atoms with van der Waals surface area (Å²) in [5, 5.41) is 1.85. The van der Waals surface area contributed by atoms with Gasteiger partial charge in [-0.3, -0.25) is 14.4 Å². The Kier molecular flexibility index (Phi) is 6.76. The quantitative estimate of drug-likeness (QED) is 0.542. The van der Waals surface area contributed by atoms with Crippen molar-refractivity contribution in [2.45, 2.75) is 32.1 Å². The Morgan fingerprint density at radius 3 is 2.58 bits per heavy atom. The second kappa shape index (κ2) is 9.87. The molecular weight excluding hydrogens is 412 g/mol. The number of Topliss-reactive ketones (excluding diaryl/α,β-unsaturated/α-hetero) is 2. The number of hydrogen-bond acceptors (Lipinski definition) is 6. The second-order valence-electron chi connectivity index (χ2n) is 7.74. The number of nitrogens with one attached hydrogen (secondary N) is 1. The van der Waals surface area contributed by atoms with Crippen LogP contribution in [0.2, 0.25) is 0 Å². The number of rotatable bonds is 8. The van der Waals surface area contributed by atoms with Crippen molar-refractivity contribution in [3.63, 3.8) is 0 Å². The second-order valence-corrected chi connectivity index (χ2v) is 8.69. The summed E-state index contributed by atoms with van der Waals surface area (Å²) in [5.41, 5.74) is 1.94. The van der Waals surface area contributed by atoms with E-state index in [1.54, 1.807) is 6.07 Å². The minimum atomic E-state index is -0.0306. The molecule has 1 aromatic carbocycles. The van der Waals surface area contributed by atoms with E-state index in [1.807, 2.05) is 40.6 Å². The van der Waals surface area contributed by atoms with Crippen LogP contribution in [-0.4, -0.2) is 58.5 Å². The molecule has 3 aromatic rings. The molecule has 1 fully saturated rings. The van der Waals surface area contributed by atoms with Gasteiger partial charge >= 0.3 is 0 Å². The van der Waals surface area contributed by atoms with Crippen molar-refractivity contribution in [2.75, 3.05) is 31.1 Å². The molecule has 0 unspecified atom stereocenters. The number of thiophene rings is 1. The van der Waals surface area contributed by atoms with Gasteiger partial charge in [0.1, 0.15) is 5.78 Å². The maximum atomic E-state index is 12.6. The normalized spacial score (nSPS) is 14.6. The van der Waals surface area contributed by atoms with Crippen LogP contribution in [0, 0.1) is 0 Å². The first-order valence-corrected chi connectivity index (χ1v) is 11.5. The lowest BCUT2D eigenvalue weighted by atomic mass is 10.1. The van der Waals surface area contributed by atoms with Gasteiger partial charge in [0.2, 0.25) is 11.9 Å². The molecule has 0 saturated carbocycles. The molecule has 4 rings (SSSR count). The first-order valence-electron chi connectivity index (χ1n) is 10.7. The Bertz CT molecular complexity index is 1030. The number of fused-ring (bicyclic) bond motifs is 1. The van der Waals surface area contributed by atoms with Gasteiger partial charge in [-0.15, -0.1) is 11.3 Å². The van der Waals surface area contributed by atoms with Crippen molar-refractivity contribution >= 4 is 45.8 Å². The number of H-pyrrole nitrogens is 1. The van der Waals surface area contributed by atoms with Crippen molar-refractivity contribution in [1.29, 1.82) is 0 Å². The molecule has 0 radical (unpaired) electrons. The van der Waals surface area contributed by atoms with Gasteiger partial charge in [-0.2, -0.15) is 0 Å². The number of imidazole rings is 1. The van der Waals surface area contributed by atoms with Crippen molar-refractivity contribution in [2.24, 2.45) is 0 Å². The van der Waals surface area contributed by atoms with E-state index in [0.29, 0.717) is 24.5 Å². The Morgan fingerprint density at radius 2 is 1.77 bits per heavy atom. The summed E-state index contributed by atoms with van der Waals surface area (Å²) in [6.07, 6.45) is 1.66. The highest BCUT2D eigenvalue weighted by molar-refractivity contribution is 7.12. The Labute approximate surface area is 185 Å². The van der Waals surface area contributed by atoms with Gasteiger partial charge in [-0.05, 0) is 30.0 Å². The first-order chi connectivity index (χ1) is 15.1. The Morgan fingerprint density at radius 1 is 0.935 bits per heavy atom. The molecule has 7 nitrogen and oxygen atoms in total. The molecule has 8 heteroatoms. The van der Waals surface area contributed by atoms with Gasteiger partial charge < -0.3 is 14.8 Å². The number of carbonyl (C=O) groups is 3. The largest absolute Gasteiger partial charge is 0.341 e. The summed E-state index contributed by atoms with van der Waals surface area (Å²) < 4.78 is 0. The number of para-hydroxylation sites is 2. The number of carbonyl (C=O) groups excluding carboxylic acids is 3. The van der Waals surface area contributed by atoms with Gasteiger partial charge in [0.25, 0.3) is 0 Å². The van der Waals surface area contributed by atoms with Crippen LogP contribution in [0.1, 0.15) is 41.8 Å². The van der Waals surface area contributed by atoms with E-state index in [4.69, 9.17) is 0 Å². The number of benzene rings is 1. The average molecular weight is 439 g/mol. The van der Waals surface area contributed by atoms with Crippen LogP contribution in [0.4, 0.5) is 5.95 Å². The average Bonchev–Trinajstić information content (AvgIpc) is 3.41. The van der Waals surface area contributed by atoms with Gasteiger partial charge in [0.05, 0.1) is 15.9 Å². The van der Waals surface area contributed by atoms with Crippen LogP contribution in [0.15, 0.2) is 41.8 Å². The third-order valence-corrected chi connectivity index (χ3v) is 6.48. The molecule has 31 heavy (non-hydrogen) atoms. The van der Waals surface area contributed by atoms with Crippen LogP contribution in [-0.2, 0) is 9.59 Å². The fraction of sp³-hybridized carbons (Fsp3) is 0.391. The number of amides is 1. The lowest BCUT2D eigenvalue weighted by Crippen LogP contribution is -2.35.